The molecule has 0 radical (unpaired) electrons. The van der Waals surface area contributed by atoms with Crippen molar-refractivity contribution in [3.63, 3.8) is 0 Å². The number of fused-ring (bicyclic) bond motifs is 10. The van der Waals surface area contributed by atoms with Gasteiger partial charge in [0.05, 0.1) is 11.0 Å². The summed E-state index contributed by atoms with van der Waals surface area (Å²) in [7, 11) is 4.38. The zero-order valence-electron chi connectivity index (χ0n) is 20.4. The largest absolute Gasteiger partial charge is 0.344 e. The average molecular weight is 464 g/mol. The molecule has 0 saturated heterocycles. The van der Waals surface area contributed by atoms with Crippen molar-refractivity contribution < 1.29 is 0 Å². The second-order valence-corrected chi connectivity index (χ2v) is 9.92. The van der Waals surface area contributed by atoms with Gasteiger partial charge < -0.3 is 13.7 Å². The van der Waals surface area contributed by atoms with Crippen LogP contribution in [0.25, 0.3) is 65.4 Å². The van der Waals surface area contributed by atoms with Crippen molar-refractivity contribution in [3.8, 4) is 0 Å². The summed E-state index contributed by atoms with van der Waals surface area (Å²) in [5, 5.41) is 7.92. The summed E-state index contributed by atoms with van der Waals surface area (Å²) in [4.78, 5) is 0. The maximum Gasteiger partial charge on any atom is 0.0742 e. The Labute approximate surface area is 208 Å². The van der Waals surface area contributed by atoms with Crippen LogP contribution in [-0.4, -0.2) is 13.7 Å². The molecule has 172 valence electrons. The van der Waals surface area contributed by atoms with Crippen molar-refractivity contribution >= 4 is 65.4 Å². The van der Waals surface area contributed by atoms with E-state index in [2.05, 4.69) is 131 Å². The van der Waals surface area contributed by atoms with Crippen molar-refractivity contribution in [2.24, 2.45) is 14.1 Å². The number of aryl methyl sites for hydroxylation is 2. The monoisotopic (exact) mass is 463 g/mol. The second-order valence-electron chi connectivity index (χ2n) is 9.92. The molecule has 0 unspecified atom stereocenters. The molecule has 0 aliphatic rings. The van der Waals surface area contributed by atoms with Gasteiger partial charge in [-0.25, -0.2) is 0 Å². The number of hydrogen-bond acceptors (Lipinski definition) is 0. The molecule has 0 bridgehead atoms. The number of nitrogens with zero attached hydrogens (tertiary/aromatic N) is 3. The summed E-state index contributed by atoms with van der Waals surface area (Å²) in [5.74, 6) is 0. The smallest absolute Gasteiger partial charge is 0.0742 e. The molecule has 3 aromatic heterocycles. The first-order valence-corrected chi connectivity index (χ1v) is 12.5. The lowest BCUT2D eigenvalue weighted by atomic mass is 10.1. The van der Waals surface area contributed by atoms with Crippen LogP contribution in [-0.2, 0) is 20.6 Å². The molecule has 0 aliphatic carbocycles. The standard InChI is InChI=1S/C33H25N3/c1-34-28-15-7-5-13-26(28)31-21(10-9-17-30(31)34)20-36-29-16-8-4-12-23(29)25-19-18-24-22-11-3-6-14-27(22)35(2)32(24)33(25)36/h3-19H,20H2,1-2H3. The van der Waals surface area contributed by atoms with Gasteiger partial charge in [0.1, 0.15) is 0 Å². The maximum absolute atomic E-state index is 2.54. The zero-order valence-corrected chi connectivity index (χ0v) is 20.4. The van der Waals surface area contributed by atoms with E-state index in [-0.39, 0.29) is 0 Å². The molecule has 0 spiro atoms. The highest BCUT2D eigenvalue weighted by Crippen LogP contribution is 2.39. The van der Waals surface area contributed by atoms with Gasteiger partial charge in [-0.1, -0.05) is 78.9 Å². The van der Waals surface area contributed by atoms with Crippen molar-refractivity contribution in [1.29, 1.82) is 0 Å². The Balaban J connectivity index is 1.52. The van der Waals surface area contributed by atoms with Gasteiger partial charge in [0, 0.05) is 75.0 Å². The Hall–Kier alpha value is -4.50. The number of benzene rings is 5. The minimum absolute atomic E-state index is 0.815. The lowest BCUT2D eigenvalue weighted by Gasteiger charge is -2.12. The third kappa shape index (κ3) is 2.42. The number of rotatable bonds is 2. The molecule has 0 N–H and O–H groups in total. The van der Waals surface area contributed by atoms with Gasteiger partial charge in [-0.05, 0) is 29.8 Å². The summed E-state index contributed by atoms with van der Waals surface area (Å²) in [6.07, 6.45) is 0. The van der Waals surface area contributed by atoms with Gasteiger partial charge in [0.25, 0.3) is 0 Å². The molecule has 8 aromatic rings. The number of aromatic nitrogens is 3. The van der Waals surface area contributed by atoms with E-state index >= 15 is 0 Å². The Morgan fingerprint density at radius 1 is 0.444 bits per heavy atom. The van der Waals surface area contributed by atoms with Gasteiger partial charge in [0.15, 0.2) is 0 Å². The van der Waals surface area contributed by atoms with Crippen LogP contribution >= 0.6 is 0 Å². The average Bonchev–Trinajstić information content (AvgIpc) is 3.52. The minimum atomic E-state index is 0.815. The third-order valence-corrected chi connectivity index (χ3v) is 8.15. The molecule has 0 aliphatic heterocycles. The zero-order chi connectivity index (χ0) is 24.0. The molecule has 0 atom stereocenters. The molecular formula is C33H25N3. The van der Waals surface area contributed by atoms with Crippen LogP contribution in [0, 0.1) is 0 Å². The van der Waals surface area contributed by atoms with Crippen molar-refractivity contribution in [1.82, 2.24) is 13.7 Å². The van der Waals surface area contributed by atoms with E-state index in [4.69, 9.17) is 0 Å². The van der Waals surface area contributed by atoms with E-state index in [1.165, 1.54) is 71.0 Å². The van der Waals surface area contributed by atoms with E-state index in [0.29, 0.717) is 0 Å². The van der Waals surface area contributed by atoms with Crippen molar-refractivity contribution in [3.05, 3.63) is 109 Å². The second kappa shape index (κ2) is 7.02. The topological polar surface area (TPSA) is 14.8 Å². The normalized spacial score (nSPS) is 12.3. The molecule has 0 fully saturated rings. The highest BCUT2D eigenvalue weighted by Gasteiger charge is 2.19. The number of hydrogen-bond donors (Lipinski definition) is 0. The van der Waals surface area contributed by atoms with Gasteiger partial charge in [0.2, 0.25) is 0 Å². The maximum atomic E-state index is 2.54. The summed E-state index contributed by atoms with van der Waals surface area (Å²) >= 11 is 0. The third-order valence-electron chi connectivity index (χ3n) is 8.15. The predicted molar refractivity (Wildman–Crippen MR) is 153 cm³/mol. The van der Waals surface area contributed by atoms with Crippen LogP contribution in [0.15, 0.2) is 103 Å². The molecule has 3 heterocycles. The van der Waals surface area contributed by atoms with Crippen LogP contribution in [0.1, 0.15) is 5.56 Å². The highest BCUT2D eigenvalue weighted by atomic mass is 15.0. The minimum Gasteiger partial charge on any atom is -0.344 e. The van der Waals surface area contributed by atoms with Crippen LogP contribution in [0.2, 0.25) is 0 Å². The van der Waals surface area contributed by atoms with Crippen LogP contribution in [0.3, 0.4) is 0 Å². The Morgan fingerprint density at radius 2 is 1.00 bits per heavy atom. The van der Waals surface area contributed by atoms with Crippen molar-refractivity contribution in [2.75, 3.05) is 0 Å². The van der Waals surface area contributed by atoms with Gasteiger partial charge in [-0.15, -0.1) is 0 Å². The quantitative estimate of drug-likeness (QED) is 0.246. The van der Waals surface area contributed by atoms with Gasteiger partial charge in [-0.3, -0.25) is 0 Å². The summed E-state index contributed by atoms with van der Waals surface area (Å²) in [6.45, 7) is 0.815. The predicted octanol–water partition coefficient (Wildman–Crippen LogP) is 8.13. The SMILES string of the molecule is Cn1c2ccccc2c2c(Cn3c4ccccc4c4ccc5c6ccccc6n(C)c5c43)cccc21. The van der Waals surface area contributed by atoms with Crippen LogP contribution in [0.4, 0.5) is 0 Å². The Morgan fingerprint density at radius 3 is 1.75 bits per heavy atom. The lowest BCUT2D eigenvalue weighted by molar-refractivity contribution is 0.874. The van der Waals surface area contributed by atoms with E-state index in [1.807, 2.05) is 0 Å². The lowest BCUT2D eigenvalue weighted by Crippen LogP contribution is -2.01. The fourth-order valence-electron chi connectivity index (χ4n) is 6.55. The van der Waals surface area contributed by atoms with E-state index in [0.717, 1.165) is 6.54 Å². The Kier molecular flexibility index (Phi) is 3.85. The first-order chi connectivity index (χ1) is 17.7. The molecule has 36 heavy (non-hydrogen) atoms. The van der Waals surface area contributed by atoms with Gasteiger partial charge >= 0.3 is 0 Å². The fourth-order valence-corrected chi connectivity index (χ4v) is 6.55. The highest BCUT2D eigenvalue weighted by molar-refractivity contribution is 6.22. The van der Waals surface area contributed by atoms with E-state index in [9.17, 15) is 0 Å². The molecular weight excluding hydrogens is 438 g/mol. The molecule has 0 saturated carbocycles. The summed E-state index contributed by atoms with van der Waals surface area (Å²) in [5.41, 5.74) is 9.07. The fraction of sp³-hybridized carbons (Fsp3) is 0.0909. The van der Waals surface area contributed by atoms with Crippen LogP contribution in [0.5, 0.6) is 0 Å². The number of para-hydroxylation sites is 3. The van der Waals surface area contributed by atoms with Crippen LogP contribution < -0.4 is 0 Å². The van der Waals surface area contributed by atoms with E-state index < -0.39 is 0 Å². The first kappa shape index (κ1) is 19.8. The molecule has 3 heteroatoms. The van der Waals surface area contributed by atoms with E-state index in [1.54, 1.807) is 0 Å². The first-order valence-electron chi connectivity index (χ1n) is 12.5. The molecule has 5 aromatic carbocycles. The van der Waals surface area contributed by atoms with Gasteiger partial charge in [-0.2, -0.15) is 0 Å². The Bertz CT molecular complexity index is 2150. The molecule has 3 nitrogen and oxygen atoms in total. The summed E-state index contributed by atoms with van der Waals surface area (Å²) in [6, 6.07) is 37.7. The van der Waals surface area contributed by atoms with Crippen molar-refractivity contribution in [2.45, 2.75) is 6.54 Å². The molecule has 0 amide bonds. The molecule has 8 rings (SSSR count). The summed E-state index contributed by atoms with van der Waals surface area (Å²) < 4.78 is 7.24.